The van der Waals surface area contributed by atoms with Crippen LogP contribution in [-0.2, 0) is 16.0 Å². The molecule has 11 heteroatoms. The first-order valence-corrected chi connectivity index (χ1v) is 13.8. The van der Waals surface area contributed by atoms with Gasteiger partial charge in [-0.2, -0.15) is 0 Å². The van der Waals surface area contributed by atoms with Crippen molar-refractivity contribution in [2.24, 2.45) is 10.1 Å². The van der Waals surface area contributed by atoms with Crippen molar-refractivity contribution in [3.05, 3.63) is 107 Å². The molecule has 0 unspecified atom stereocenters. The quantitative estimate of drug-likeness (QED) is 0.0780. The van der Waals surface area contributed by atoms with Crippen LogP contribution < -0.4 is 19.5 Å². The molecule has 0 bridgehead atoms. The molecule has 43 heavy (non-hydrogen) atoms. The first kappa shape index (κ1) is 31.0. The van der Waals surface area contributed by atoms with Crippen LogP contribution in [0.2, 0.25) is 0 Å². The molecule has 4 rings (SSSR count). The van der Waals surface area contributed by atoms with Crippen LogP contribution in [0, 0.1) is 0 Å². The van der Waals surface area contributed by atoms with Gasteiger partial charge in [-0.1, -0.05) is 35.5 Å². The molecule has 3 aromatic carbocycles. The number of nitrogens with zero attached hydrogens (tertiary/aromatic N) is 4. The fourth-order valence-corrected chi connectivity index (χ4v) is 4.90. The lowest BCUT2D eigenvalue weighted by molar-refractivity contribution is -0.128. The van der Waals surface area contributed by atoms with Crippen LogP contribution in [0.4, 0.5) is 5.69 Å². The van der Waals surface area contributed by atoms with Crippen molar-refractivity contribution in [1.29, 1.82) is 0 Å². The van der Waals surface area contributed by atoms with E-state index in [9.17, 15) is 10.3 Å². The number of nitrogens with one attached hydrogen (secondary N) is 1. The van der Waals surface area contributed by atoms with Gasteiger partial charge in [0.2, 0.25) is 5.90 Å². The number of carbonyl (C=O) groups is 1. The zero-order valence-electron chi connectivity index (χ0n) is 24.2. The number of rotatable bonds is 15. The Balaban J connectivity index is 1.67. The van der Waals surface area contributed by atoms with Crippen LogP contribution in [0.1, 0.15) is 35.6 Å². The Bertz CT molecular complexity index is 1500. The van der Waals surface area contributed by atoms with Crippen molar-refractivity contribution in [2.45, 2.75) is 30.9 Å². The van der Waals surface area contributed by atoms with E-state index < -0.39 is 11.6 Å². The lowest BCUT2D eigenvalue weighted by atomic mass is 9.83. The second kappa shape index (κ2) is 14.8. The molecule has 0 fully saturated rings. The summed E-state index contributed by atoms with van der Waals surface area (Å²) < 4.78 is 22.9. The van der Waals surface area contributed by atoms with Gasteiger partial charge in [0.15, 0.2) is 11.6 Å². The first-order chi connectivity index (χ1) is 21.0. The smallest absolute Gasteiger partial charge is 0.252 e. The van der Waals surface area contributed by atoms with Crippen LogP contribution >= 0.6 is 0 Å². The van der Waals surface area contributed by atoms with Gasteiger partial charge in [-0.25, -0.2) is 4.99 Å². The highest BCUT2D eigenvalue weighted by Crippen LogP contribution is 2.45. The third-order valence-corrected chi connectivity index (χ3v) is 7.02. The molecule has 0 saturated carbocycles. The Labute approximate surface area is 250 Å². The SMILES string of the molecule is C=CC[C@@]1(C(=O)NCCc2cc(OC)ccc2OC)N=C(c2ccc(OCCCO)cc2)O[C@@H]1c1ccccc1N=[N+]=[N-]. The molecular weight excluding hydrogens is 550 g/mol. The Kier molecular flexibility index (Phi) is 10.6. The van der Waals surface area contributed by atoms with E-state index in [1.807, 2.05) is 18.2 Å². The highest BCUT2D eigenvalue weighted by Gasteiger charge is 2.52. The third-order valence-electron chi connectivity index (χ3n) is 7.02. The number of carbonyl (C=O) groups excluding carboxylic acids is 1. The van der Waals surface area contributed by atoms with Crippen molar-refractivity contribution >= 4 is 17.5 Å². The van der Waals surface area contributed by atoms with E-state index in [-0.39, 0.29) is 31.4 Å². The summed E-state index contributed by atoms with van der Waals surface area (Å²) in [5.41, 5.74) is 10.1. The van der Waals surface area contributed by atoms with Gasteiger partial charge in [0, 0.05) is 47.7 Å². The Morgan fingerprint density at radius 1 is 1.16 bits per heavy atom. The third kappa shape index (κ3) is 7.09. The number of aliphatic imine (C=N–C) groups is 1. The molecular formula is C32H35N5O6. The highest BCUT2D eigenvalue weighted by atomic mass is 16.5. The summed E-state index contributed by atoms with van der Waals surface area (Å²) in [4.78, 5) is 22.0. The van der Waals surface area contributed by atoms with Crippen molar-refractivity contribution in [2.75, 3.05) is 34.0 Å². The van der Waals surface area contributed by atoms with Crippen molar-refractivity contribution in [3.8, 4) is 17.2 Å². The average molecular weight is 586 g/mol. The van der Waals surface area contributed by atoms with Crippen molar-refractivity contribution in [3.63, 3.8) is 0 Å². The molecule has 1 heterocycles. The van der Waals surface area contributed by atoms with E-state index in [1.165, 1.54) is 0 Å². The predicted molar refractivity (Wildman–Crippen MR) is 163 cm³/mol. The van der Waals surface area contributed by atoms with Crippen LogP contribution in [0.25, 0.3) is 10.4 Å². The van der Waals surface area contributed by atoms with E-state index in [0.717, 1.165) is 5.56 Å². The molecule has 1 amide bonds. The zero-order chi connectivity index (χ0) is 30.7. The molecule has 1 aliphatic rings. The molecule has 11 nitrogen and oxygen atoms in total. The number of amides is 1. The summed E-state index contributed by atoms with van der Waals surface area (Å²) in [6, 6.07) is 19.6. The standard InChI is InChI=1S/C32H35N5O6/c1-4-17-32(31(39)34-18-16-23-21-25(40-2)14-15-28(23)41-3)29(26-8-5-6-9-27(26)36-37-33)43-30(35-32)22-10-12-24(13-11-22)42-20-7-19-38/h4-6,8-15,21,29,38H,1,7,16-20H2,2-3H3,(H,34,39)/t29-,32-/m1/s1. The van der Waals surface area contributed by atoms with Crippen LogP contribution in [0.15, 0.2) is 89.5 Å². The Morgan fingerprint density at radius 3 is 2.63 bits per heavy atom. The normalized spacial score (nSPS) is 17.2. The summed E-state index contributed by atoms with van der Waals surface area (Å²) in [5.74, 6) is 1.89. The second-order valence-electron chi connectivity index (χ2n) is 9.71. The van der Waals surface area contributed by atoms with Crippen LogP contribution in [-0.4, -0.2) is 56.4 Å². The number of hydrogen-bond acceptors (Lipinski definition) is 8. The molecule has 0 radical (unpaired) electrons. The summed E-state index contributed by atoms with van der Waals surface area (Å²) in [5, 5.41) is 15.9. The molecule has 0 aromatic heterocycles. The number of ether oxygens (including phenoxy) is 4. The topological polar surface area (TPSA) is 147 Å². The van der Waals surface area contributed by atoms with Crippen molar-refractivity contribution < 1.29 is 28.8 Å². The minimum atomic E-state index is -1.44. The van der Waals surface area contributed by atoms with Crippen molar-refractivity contribution in [1.82, 2.24) is 5.32 Å². The number of azide groups is 1. The van der Waals surface area contributed by atoms with E-state index >= 15 is 0 Å². The zero-order valence-corrected chi connectivity index (χ0v) is 24.2. The fraction of sp³-hybridized carbons (Fsp3) is 0.312. The average Bonchev–Trinajstić information content (AvgIpc) is 3.42. The molecule has 3 aromatic rings. The number of aliphatic hydroxyl groups excluding tert-OH is 1. The molecule has 0 saturated heterocycles. The first-order valence-electron chi connectivity index (χ1n) is 13.8. The van der Waals surface area contributed by atoms with Gasteiger partial charge in [-0.15, -0.1) is 6.58 Å². The van der Waals surface area contributed by atoms with E-state index in [4.69, 9.17) is 29.0 Å². The second-order valence-corrected chi connectivity index (χ2v) is 9.71. The monoisotopic (exact) mass is 585 g/mol. The van der Waals surface area contributed by atoms with Gasteiger partial charge in [-0.3, -0.25) is 4.79 Å². The van der Waals surface area contributed by atoms with E-state index in [1.54, 1.807) is 68.8 Å². The summed E-state index contributed by atoms with van der Waals surface area (Å²) >= 11 is 0. The molecule has 224 valence electrons. The van der Waals surface area contributed by atoms with E-state index in [2.05, 4.69) is 21.9 Å². The Hall–Kier alpha value is -4.99. The van der Waals surface area contributed by atoms with Gasteiger partial charge < -0.3 is 29.4 Å². The largest absolute Gasteiger partial charge is 0.497 e. The van der Waals surface area contributed by atoms with Crippen LogP contribution in [0.5, 0.6) is 17.2 Å². The maximum absolute atomic E-state index is 14.1. The van der Waals surface area contributed by atoms with Gasteiger partial charge >= 0.3 is 0 Å². The summed E-state index contributed by atoms with van der Waals surface area (Å²) in [7, 11) is 3.18. The lowest BCUT2D eigenvalue weighted by Crippen LogP contribution is -2.48. The fourth-order valence-electron chi connectivity index (χ4n) is 4.90. The molecule has 0 spiro atoms. The number of benzene rings is 3. The summed E-state index contributed by atoms with van der Waals surface area (Å²) in [6.45, 7) is 4.62. The number of methoxy groups -OCH3 is 2. The number of hydrogen-bond donors (Lipinski definition) is 2. The minimum absolute atomic E-state index is 0.0436. The maximum Gasteiger partial charge on any atom is 0.252 e. The molecule has 2 N–H and O–H groups in total. The number of aliphatic hydroxyl groups is 1. The molecule has 0 aliphatic carbocycles. The predicted octanol–water partition coefficient (Wildman–Crippen LogP) is 5.60. The maximum atomic E-state index is 14.1. The van der Waals surface area contributed by atoms with Gasteiger partial charge in [-0.05, 0) is 60.0 Å². The van der Waals surface area contributed by atoms with Crippen LogP contribution in [0.3, 0.4) is 0 Å². The van der Waals surface area contributed by atoms with Gasteiger partial charge in [0.05, 0.1) is 20.8 Å². The summed E-state index contributed by atoms with van der Waals surface area (Å²) in [6.07, 6.45) is 1.87. The Morgan fingerprint density at radius 2 is 1.93 bits per heavy atom. The van der Waals surface area contributed by atoms with E-state index in [0.29, 0.717) is 53.5 Å². The van der Waals surface area contributed by atoms with Gasteiger partial charge in [0.25, 0.3) is 5.91 Å². The minimum Gasteiger partial charge on any atom is -0.497 e. The van der Waals surface area contributed by atoms with Gasteiger partial charge in [0.1, 0.15) is 17.2 Å². The lowest BCUT2D eigenvalue weighted by Gasteiger charge is -2.30. The molecule has 1 aliphatic heterocycles. The molecule has 2 atom stereocenters. The highest BCUT2D eigenvalue weighted by molar-refractivity contribution is 6.01.